The van der Waals surface area contributed by atoms with Gasteiger partial charge in [-0.2, -0.15) is 0 Å². The number of benzene rings is 1. The molecule has 0 N–H and O–H groups in total. The number of carbonyl (C=O) groups excluding carboxylic acids is 1. The lowest BCUT2D eigenvalue weighted by Crippen LogP contribution is -2.39. The maximum absolute atomic E-state index is 12.9. The van der Waals surface area contributed by atoms with Crippen LogP contribution in [0.3, 0.4) is 0 Å². The van der Waals surface area contributed by atoms with Gasteiger partial charge in [-0.1, -0.05) is 0 Å². The number of carbonyl (C=O) groups is 1. The van der Waals surface area contributed by atoms with Crippen molar-refractivity contribution in [3.8, 4) is 5.75 Å². The van der Waals surface area contributed by atoms with Crippen molar-refractivity contribution in [1.29, 1.82) is 0 Å². The first kappa shape index (κ1) is 18.1. The predicted molar refractivity (Wildman–Crippen MR) is 93.1 cm³/mol. The molecule has 0 spiro atoms. The molecule has 0 bridgehead atoms. The van der Waals surface area contributed by atoms with Crippen LogP contribution in [0.15, 0.2) is 24.3 Å². The van der Waals surface area contributed by atoms with Crippen LogP contribution in [0.5, 0.6) is 5.75 Å². The van der Waals surface area contributed by atoms with Gasteiger partial charge >= 0.3 is 0 Å². The average Bonchev–Trinajstić information content (AvgIpc) is 2.87. The SMILES string of the molecule is O=C(COc1ccc(F)cc1)N1CCCN(CC2CCCOC2)CC1. The molecule has 2 fully saturated rings. The highest BCUT2D eigenvalue weighted by atomic mass is 19.1. The number of rotatable bonds is 5. The molecule has 5 nitrogen and oxygen atoms in total. The summed E-state index contributed by atoms with van der Waals surface area (Å²) in [4.78, 5) is 16.7. The van der Waals surface area contributed by atoms with Crippen LogP contribution in [0.4, 0.5) is 4.39 Å². The van der Waals surface area contributed by atoms with Crippen LogP contribution in [-0.4, -0.2) is 68.3 Å². The third-order valence-electron chi connectivity index (χ3n) is 4.89. The van der Waals surface area contributed by atoms with Crippen molar-refractivity contribution >= 4 is 5.91 Å². The van der Waals surface area contributed by atoms with Crippen LogP contribution in [0.25, 0.3) is 0 Å². The Hall–Kier alpha value is -1.66. The molecular weight excluding hydrogens is 323 g/mol. The van der Waals surface area contributed by atoms with Crippen LogP contribution in [0.2, 0.25) is 0 Å². The standard InChI is InChI=1S/C19H27FN2O3/c20-17-4-6-18(7-5-17)25-15-19(23)22-9-2-8-21(10-11-22)13-16-3-1-12-24-14-16/h4-7,16H,1-3,8-15H2. The van der Waals surface area contributed by atoms with Crippen molar-refractivity contribution < 1.29 is 18.7 Å². The van der Waals surface area contributed by atoms with Crippen molar-refractivity contribution in [3.05, 3.63) is 30.1 Å². The van der Waals surface area contributed by atoms with Gasteiger partial charge in [-0.05, 0) is 56.0 Å². The summed E-state index contributed by atoms with van der Waals surface area (Å²) in [5, 5.41) is 0. The van der Waals surface area contributed by atoms with E-state index in [0.29, 0.717) is 11.7 Å². The molecule has 1 atom stereocenters. The highest BCUT2D eigenvalue weighted by Crippen LogP contribution is 2.16. The highest BCUT2D eigenvalue weighted by Gasteiger charge is 2.22. The molecule has 3 rings (SSSR count). The van der Waals surface area contributed by atoms with Gasteiger partial charge in [0.15, 0.2) is 6.61 Å². The number of nitrogens with zero attached hydrogens (tertiary/aromatic N) is 2. The first-order valence-electron chi connectivity index (χ1n) is 9.17. The zero-order valence-electron chi connectivity index (χ0n) is 14.7. The highest BCUT2D eigenvalue weighted by molar-refractivity contribution is 5.77. The Morgan fingerprint density at radius 1 is 1.16 bits per heavy atom. The van der Waals surface area contributed by atoms with Crippen LogP contribution >= 0.6 is 0 Å². The maximum Gasteiger partial charge on any atom is 0.260 e. The predicted octanol–water partition coefficient (Wildman–Crippen LogP) is 2.17. The minimum atomic E-state index is -0.311. The maximum atomic E-state index is 12.9. The van der Waals surface area contributed by atoms with Gasteiger partial charge in [-0.15, -0.1) is 0 Å². The van der Waals surface area contributed by atoms with E-state index < -0.39 is 0 Å². The molecule has 1 unspecified atom stereocenters. The molecule has 1 amide bonds. The van der Waals surface area contributed by atoms with E-state index >= 15 is 0 Å². The van der Waals surface area contributed by atoms with Gasteiger partial charge in [0, 0.05) is 32.8 Å². The largest absolute Gasteiger partial charge is 0.484 e. The number of amides is 1. The number of halogens is 1. The molecule has 1 aromatic carbocycles. The minimum absolute atomic E-state index is 0.00208. The molecule has 0 radical (unpaired) electrons. The van der Waals surface area contributed by atoms with Crippen LogP contribution in [0.1, 0.15) is 19.3 Å². The van der Waals surface area contributed by atoms with Gasteiger partial charge in [0.25, 0.3) is 5.91 Å². The Bertz CT molecular complexity index is 546. The summed E-state index contributed by atoms with van der Waals surface area (Å²) in [6.45, 7) is 6.26. The molecule has 0 aromatic heterocycles. The van der Waals surface area contributed by atoms with E-state index in [1.54, 1.807) is 12.1 Å². The Morgan fingerprint density at radius 2 is 2.00 bits per heavy atom. The van der Waals surface area contributed by atoms with Gasteiger partial charge in [-0.3, -0.25) is 4.79 Å². The van der Waals surface area contributed by atoms with Crippen molar-refractivity contribution in [3.63, 3.8) is 0 Å². The Balaban J connectivity index is 1.42. The van der Waals surface area contributed by atoms with E-state index in [1.807, 2.05) is 4.90 Å². The average molecular weight is 350 g/mol. The fourth-order valence-corrected chi connectivity index (χ4v) is 3.49. The number of ether oxygens (including phenoxy) is 2. The van der Waals surface area contributed by atoms with Gasteiger partial charge < -0.3 is 19.3 Å². The number of hydrogen-bond donors (Lipinski definition) is 0. The lowest BCUT2D eigenvalue weighted by molar-refractivity contribution is -0.133. The summed E-state index contributed by atoms with van der Waals surface area (Å²) in [6.07, 6.45) is 3.38. The smallest absolute Gasteiger partial charge is 0.260 e. The molecule has 1 aromatic rings. The van der Waals surface area contributed by atoms with E-state index in [0.717, 1.165) is 58.8 Å². The van der Waals surface area contributed by atoms with E-state index in [9.17, 15) is 9.18 Å². The summed E-state index contributed by atoms with van der Waals surface area (Å²) in [7, 11) is 0. The monoisotopic (exact) mass is 350 g/mol. The van der Waals surface area contributed by atoms with Crippen LogP contribution < -0.4 is 4.74 Å². The lowest BCUT2D eigenvalue weighted by atomic mass is 10.0. The molecule has 0 saturated carbocycles. The Morgan fingerprint density at radius 3 is 2.76 bits per heavy atom. The summed E-state index contributed by atoms with van der Waals surface area (Å²) < 4.78 is 23.9. The van der Waals surface area contributed by atoms with Gasteiger partial charge in [0.05, 0.1) is 6.61 Å². The molecule has 2 aliphatic rings. The molecular formula is C19H27FN2O3. The second-order valence-electron chi connectivity index (χ2n) is 6.86. The third kappa shape index (κ3) is 5.68. The van der Waals surface area contributed by atoms with Gasteiger partial charge in [-0.25, -0.2) is 4.39 Å². The fourth-order valence-electron chi connectivity index (χ4n) is 3.49. The Labute approximate surface area is 148 Å². The van der Waals surface area contributed by atoms with E-state index in [4.69, 9.17) is 9.47 Å². The lowest BCUT2D eigenvalue weighted by Gasteiger charge is -2.28. The molecule has 0 aliphatic carbocycles. The quantitative estimate of drug-likeness (QED) is 0.816. The van der Waals surface area contributed by atoms with Crippen LogP contribution in [0, 0.1) is 11.7 Å². The summed E-state index contributed by atoms with van der Waals surface area (Å²) in [5.41, 5.74) is 0. The van der Waals surface area contributed by atoms with E-state index in [-0.39, 0.29) is 18.3 Å². The molecule has 2 aliphatic heterocycles. The molecule has 6 heteroatoms. The fraction of sp³-hybridized carbons (Fsp3) is 0.632. The van der Waals surface area contributed by atoms with Crippen molar-refractivity contribution in [2.45, 2.75) is 19.3 Å². The summed E-state index contributed by atoms with van der Waals surface area (Å²) >= 11 is 0. The summed E-state index contributed by atoms with van der Waals surface area (Å²) in [6, 6.07) is 5.75. The van der Waals surface area contributed by atoms with E-state index in [2.05, 4.69) is 4.90 Å². The third-order valence-corrected chi connectivity index (χ3v) is 4.89. The Kier molecular flexibility index (Phi) is 6.64. The minimum Gasteiger partial charge on any atom is -0.484 e. The first-order valence-corrected chi connectivity index (χ1v) is 9.17. The molecule has 138 valence electrons. The van der Waals surface area contributed by atoms with Crippen molar-refractivity contribution in [2.75, 3.05) is 52.5 Å². The summed E-state index contributed by atoms with van der Waals surface area (Å²) in [5.74, 6) is 0.822. The molecule has 2 saturated heterocycles. The molecule has 2 heterocycles. The molecule has 25 heavy (non-hydrogen) atoms. The number of hydrogen-bond acceptors (Lipinski definition) is 4. The van der Waals surface area contributed by atoms with Crippen LogP contribution in [-0.2, 0) is 9.53 Å². The zero-order chi connectivity index (χ0) is 17.5. The van der Waals surface area contributed by atoms with Gasteiger partial charge in [0.1, 0.15) is 11.6 Å². The second-order valence-corrected chi connectivity index (χ2v) is 6.86. The normalized spacial score (nSPS) is 22.4. The van der Waals surface area contributed by atoms with Gasteiger partial charge in [0.2, 0.25) is 0 Å². The van der Waals surface area contributed by atoms with Crippen molar-refractivity contribution in [2.24, 2.45) is 5.92 Å². The zero-order valence-corrected chi connectivity index (χ0v) is 14.7. The van der Waals surface area contributed by atoms with Crippen molar-refractivity contribution in [1.82, 2.24) is 9.80 Å². The topological polar surface area (TPSA) is 42.0 Å². The second kappa shape index (κ2) is 9.15. The first-order chi connectivity index (χ1) is 12.2. The van der Waals surface area contributed by atoms with E-state index in [1.165, 1.54) is 18.6 Å².